The Kier molecular flexibility index (Phi) is 5.53. The van der Waals surface area contributed by atoms with Crippen LogP contribution in [0.5, 0.6) is 0 Å². The molecule has 0 heterocycles. The molecule has 0 bridgehead atoms. The van der Waals surface area contributed by atoms with E-state index in [2.05, 4.69) is 10.2 Å². The Hall–Kier alpha value is -2.17. The first-order valence-electron chi connectivity index (χ1n) is 7.61. The van der Waals surface area contributed by atoms with Crippen LogP contribution in [0.25, 0.3) is 0 Å². The second-order valence-corrected chi connectivity index (χ2v) is 6.00. The quantitative estimate of drug-likeness (QED) is 0.890. The topological polar surface area (TPSA) is 41.6 Å². The highest BCUT2D eigenvalue weighted by Crippen LogP contribution is 2.26. The third-order valence-electron chi connectivity index (χ3n) is 3.85. The van der Waals surface area contributed by atoms with Crippen molar-refractivity contribution in [2.45, 2.75) is 19.1 Å². The van der Waals surface area contributed by atoms with Crippen molar-refractivity contribution in [1.82, 2.24) is 4.90 Å². The molecule has 1 N–H and O–H groups in total. The summed E-state index contributed by atoms with van der Waals surface area (Å²) in [6, 6.07) is 17.4. The Morgan fingerprint density at radius 3 is 2.43 bits per heavy atom. The van der Waals surface area contributed by atoms with Crippen molar-refractivity contribution in [3.63, 3.8) is 0 Å². The van der Waals surface area contributed by atoms with Crippen LogP contribution < -0.4 is 5.32 Å². The molecular weight excluding hydrogens is 288 g/mol. The largest absolute Gasteiger partial charge is 0.364 e. The van der Waals surface area contributed by atoms with Crippen molar-refractivity contribution >= 4 is 11.6 Å². The number of amides is 1. The van der Waals surface area contributed by atoms with Gasteiger partial charge in [0.15, 0.2) is 5.60 Å². The molecule has 1 atom stereocenters. The van der Waals surface area contributed by atoms with Crippen LogP contribution in [0.15, 0.2) is 54.6 Å². The van der Waals surface area contributed by atoms with Crippen LogP contribution in [0.4, 0.5) is 5.69 Å². The molecular formula is C19H24N2O2. The minimum Gasteiger partial charge on any atom is -0.364 e. The van der Waals surface area contributed by atoms with Gasteiger partial charge in [-0.1, -0.05) is 42.5 Å². The second kappa shape index (κ2) is 7.40. The third kappa shape index (κ3) is 4.18. The van der Waals surface area contributed by atoms with Gasteiger partial charge in [0.25, 0.3) is 5.91 Å². The number of rotatable bonds is 6. The molecule has 0 aromatic heterocycles. The first kappa shape index (κ1) is 17.2. The maximum atomic E-state index is 12.8. The highest BCUT2D eigenvalue weighted by atomic mass is 16.5. The molecule has 0 aliphatic carbocycles. The number of anilines is 1. The molecule has 0 aliphatic rings. The van der Waals surface area contributed by atoms with Gasteiger partial charge in [0.05, 0.1) is 0 Å². The highest BCUT2D eigenvalue weighted by molar-refractivity contribution is 5.97. The summed E-state index contributed by atoms with van der Waals surface area (Å²) in [5, 5.41) is 2.96. The standard InChI is InChI=1S/C19H24N2O2/c1-19(23-4,16-10-6-5-7-11-16)18(22)20-17-12-8-9-15(13-17)14-21(2)3/h5-13H,14H2,1-4H3,(H,20,22)/t19-/m0/s1. The SMILES string of the molecule is CO[C@](C)(C(=O)Nc1cccc(CN(C)C)c1)c1ccccc1. The summed E-state index contributed by atoms with van der Waals surface area (Å²) in [6.45, 7) is 2.60. The van der Waals surface area contributed by atoms with Gasteiger partial charge in [-0.15, -0.1) is 0 Å². The van der Waals surface area contributed by atoms with E-state index in [4.69, 9.17) is 4.74 Å². The molecule has 4 heteroatoms. The third-order valence-corrected chi connectivity index (χ3v) is 3.85. The number of carbonyl (C=O) groups is 1. The van der Waals surface area contributed by atoms with E-state index in [9.17, 15) is 4.79 Å². The molecule has 0 saturated carbocycles. The number of methoxy groups -OCH3 is 1. The van der Waals surface area contributed by atoms with Crippen LogP contribution in [0.2, 0.25) is 0 Å². The number of nitrogens with one attached hydrogen (secondary N) is 1. The van der Waals surface area contributed by atoms with Gasteiger partial charge in [0, 0.05) is 19.3 Å². The summed E-state index contributed by atoms with van der Waals surface area (Å²) in [7, 11) is 5.58. The fourth-order valence-electron chi connectivity index (χ4n) is 2.46. The van der Waals surface area contributed by atoms with E-state index in [0.717, 1.165) is 23.4 Å². The Morgan fingerprint density at radius 2 is 1.83 bits per heavy atom. The molecule has 0 radical (unpaired) electrons. The summed E-state index contributed by atoms with van der Waals surface area (Å²) < 4.78 is 5.53. The molecule has 4 nitrogen and oxygen atoms in total. The molecule has 122 valence electrons. The van der Waals surface area contributed by atoms with E-state index in [-0.39, 0.29) is 5.91 Å². The van der Waals surface area contributed by atoms with Gasteiger partial charge in [-0.25, -0.2) is 0 Å². The Balaban J connectivity index is 2.20. The fourth-order valence-corrected chi connectivity index (χ4v) is 2.46. The average Bonchev–Trinajstić information content (AvgIpc) is 2.54. The lowest BCUT2D eigenvalue weighted by molar-refractivity contribution is -0.136. The second-order valence-electron chi connectivity index (χ2n) is 6.00. The van der Waals surface area contributed by atoms with Crippen molar-refractivity contribution in [3.05, 3.63) is 65.7 Å². The van der Waals surface area contributed by atoms with Gasteiger partial charge >= 0.3 is 0 Å². The summed E-state index contributed by atoms with van der Waals surface area (Å²) in [4.78, 5) is 14.8. The number of nitrogens with zero attached hydrogens (tertiary/aromatic N) is 1. The molecule has 23 heavy (non-hydrogen) atoms. The smallest absolute Gasteiger partial charge is 0.260 e. The van der Waals surface area contributed by atoms with E-state index in [0.29, 0.717) is 0 Å². The van der Waals surface area contributed by atoms with E-state index in [1.807, 2.05) is 68.7 Å². The lowest BCUT2D eigenvalue weighted by atomic mass is 9.94. The van der Waals surface area contributed by atoms with Crippen molar-refractivity contribution in [2.24, 2.45) is 0 Å². The zero-order valence-electron chi connectivity index (χ0n) is 14.2. The number of benzene rings is 2. The Bertz CT molecular complexity index is 655. The van der Waals surface area contributed by atoms with Crippen LogP contribution in [0.1, 0.15) is 18.1 Å². The molecule has 0 fully saturated rings. The van der Waals surface area contributed by atoms with Crippen LogP contribution in [0.3, 0.4) is 0 Å². The van der Waals surface area contributed by atoms with Gasteiger partial charge in [-0.2, -0.15) is 0 Å². The summed E-state index contributed by atoms with van der Waals surface area (Å²) in [6.07, 6.45) is 0. The van der Waals surface area contributed by atoms with Crippen molar-refractivity contribution in [2.75, 3.05) is 26.5 Å². The molecule has 2 rings (SSSR count). The Labute approximate surface area is 138 Å². The lowest BCUT2D eigenvalue weighted by Gasteiger charge is -2.27. The highest BCUT2D eigenvalue weighted by Gasteiger charge is 2.35. The molecule has 0 spiro atoms. The van der Waals surface area contributed by atoms with E-state index < -0.39 is 5.60 Å². The van der Waals surface area contributed by atoms with Crippen LogP contribution in [-0.2, 0) is 21.7 Å². The van der Waals surface area contributed by atoms with Crippen LogP contribution >= 0.6 is 0 Å². The van der Waals surface area contributed by atoms with Crippen LogP contribution in [0, 0.1) is 0 Å². The molecule has 2 aromatic rings. The molecule has 0 aliphatic heterocycles. The number of hydrogen-bond donors (Lipinski definition) is 1. The normalized spacial score (nSPS) is 13.6. The van der Waals surface area contributed by atoms with Gasteiger partial charge in [0.1, 0.15) is 0 Å². The lowest BCUT2D eigenvalue weighted by Crippen LogP contribution is -2.39. The van der Waals surface area contributed by atoms with E-state index >= 15 is 0 Å². The monoisotopic (exact) mass is 312 g/mol. The van der Waals surface area contributed by atoms with Crippen LogP contribution in [-0.4, -0.2) is 32.0 Å². The van der Waals surface area contributed by atoms with E-state index in [1.165, 1.54) is 0 Å². The predicted octanol–water partition coefficient (Wildman–Crippen LogP) is 3.25. The van der Waals surface area contributed by atoms with Gasteiger partial charge < -0.3 is 15.0 Å². The van der Waals surface area contributed by atoms with E-state index in [1.54, 1.807) is 14.0 Å². The van der Waals surface area contributed by atoms with Gasteiger partial charge in [-0.05, 0) is 44.3 Å². The first-order valence-corrected chi connectivity index (χ1v) is 7.61. The minimum atomic E-state index is -1.03. The zero-order valence-corrected chi connectivity index (χ0v) is 14.2. The summed E-state index contributed by atoms with van der Waals surface area (Å²) in [5.41, 5.74) is 1.71. The average molecular weight is 312 g/mol. The first-order chi connectivity index (χ1) is 11.0. The zero-order chi connectivity index (χ0) is 16.9. The summed E-state index contributed by atoms with van der Waals surface area (Å²) >= 11 is 0. The van der Waals surface area contributed by atoms with Crippen molar-refractivity contribution < 1.29 is 9.53 Å². The molecule has 1 amide bonds. The minimum absolute atomic E-state index is 0.187. The Morgan fingerprint density at radius 1 is 1.13 bits per heavy atom. The van der Waals surface area contributed by atoms with Gasteiger partial charge in [-0.3, -0.25) is 4.79 Å². The number of hydrogen-bond acceptors (Lipinski definition) is 3. The number of carbonyl (C=O) groups excluding carboxylic acids is 1. The maximum Gasteiger partial charge on any atom is 0.260 e. The predicted molar refractivity (Wildman–Crippen MR) is 93.3 cm³/mol. The van der Waals surface area contributed by atoms with Crippen molar-refractivity contribution in [3.8, 4) is 0 Å². The molecule has 0 saturated heterocycles. The van der Waals surface area contributed by atoms with Gasteiger partial charge in [0.2, 0.25) is 0 Å². The summed E-state index contributed by atoms with van der Waals surface area (Å²) in [5.74, 6) is -0.187. The number of ether oxygens (including phenoxy) is 1. The molecule has 0 unspecified atom stereocenters. The molecule has 2 aromatic carbocycles. The van der Waals surface area contributed by atoms with Crippen molar-refractivity contribution in [1.29, 1.82) is 0 Å². The maximum absolute atomic E-state index is 12.8. The fraction of sp³-hybridized carbons (Fsp3) is 0.316.